The van der Waals surface area contributed by atoms with Crippen LogP contribution >= 0.6 is 0 Å². The summed E-state index contributed by atoms with van der Waals surface area (Å²) in [6.07, 6.45) is 7.43. The Balaban J connectivity index is 0. The van der Waals surface area contributed by atoms with Crippen molar-refractivity contribution in [2.75, 3.05) is 0 Å². The van der Waals surface area contributed by atoms with Gasteiger partial charge in [0.15, 0.2) is 0 Å². The summed E-state index contributed by atoms with van der Waals surface area (Å²) in [5, 5.41) is 0. The zero-order valence-electron chi connectivity index (χ0n) is 10.7. The van der Waals surface area contributed by atoms with Gasteiger partial charge in [0.05, 0.1) is 0 Å². The van der Waals surface area contributed by atoms with Crippen LogP contribution in [0.2, 0.25) is 0 Å². The summed E-state index contributed by atoms with van der Waals surface area (Å²) >= 11 is 0. The molecular weight excluding hydrogens is 168 g/mol. The van der Waals surface area contributed by atoms with Crippen LogP contribution in [0.5, 0.6) is 0 Å². The summed E-state index contributed by atoms with van der Waals surface area (Å²) in [5.41, 5.74) is 2.66. The van der Waals surface area contributed by atoms with Gasteiger partial charge in [-0.05, 0) is 31.8 Å². The summed E-state index contributed by atoms with van der Waals surface area (Å²) < 4.78 is 0. The van der Waals surface area contributed by atoms with Crippen LogP contribution < -0.4 is 0 Å². The highest BCUT2D eigenvalue weighted by Crippen LogP contribution is 2.15. The first-order valence-corrected chi connectivity index (χ1v) is 5.59. The maximum absolute atomic E-state index is 3.81. The summed E-state index contributed by atoms with van der Waals surface area (Å²) in [6, 6.07) is 0. The molecule has 0 amide bonds. The summed E-state index contributed by atoms with van der Waals surface area (Å²) in [7, 11) is 0. The fourth-order valence-electron chi connectivity index (χ4n) is 0.932. The molecule has 0 fully saturated rings. The third-order valence-electron chi connectivity index (χ3n) is 2.03. The molecule has 0 aromatic rings. The van der Waals surface area contributed by atoms with Gasteiger partial charge in [-0.3, -0.25) is 0 Å². The highest BCUT2D eigenvalue weighted by molar-refractivity contribution is 5.25. The quantitative estimate of drug-likeness (QED) is 0.544. The van der Waals surface area contributed by atoms with Gasteiger partial charge in [0.25, 0.3) is 0 Å². The second kappa shape index (κ2) is 10.3. The average molecular weight is 194 g/mol. The van der Waals surface area contributed by atoms with Crippen LogP contribution in [-0.2, 0) is 0 Å². The molecule has 0 rings (SSSR count). The molecule has 0 saturated heterocycles. The van der Waals surface area contributed by atoms with Crippen molar-refractivity contribution in [2.45, 2.75) is 48.0 Å². The van der Waals surface area contributed by atoms with Crippen LogP contribution in [0.15, 0.2) is 36.0 Å². The van der Waals surface area contributed by atoms with E-state index in [1.165, 1.54) is 17.6 Å². The fraction of sp³-hybridized carbons (Fsp3) is 0.571. The van der Waals surface area contributed by atoms with Gasteiger partial charge < -0.3 is 0 Å². The third-order valence-corrected chi connectivity index (χ3v) is 2.03. The molecule has 0 heteroatoms. The Morgan fingerprint density at radius 1 is 1.21 bits per heavy atom. The molecule has 0 spiro atoms. The van der Waals surface area contributed by atoms with E-state index in [2.05, 4.69) is 46.4 Å². The zero-order chi connectivity index (χ0) is 11.6. The van der Waals surface area contributed by atoms with Gasteiger partial charge in [0.2, 0.25) is 0 Å². The van der Waals surface area contributed by atoms with E-state index in [4.69, 9.17) is 0 Å². The maximum atomic E-state index is 3.81. The first kappa shape index (κ1) is 15.7. The lowest BCUT2D eigenvalue weighted by atomic mass is 9.98. The summed E-state index contributed by atoms with van der Waals surface area (Å²) in [4.78, 5) is 0. The minimum Gasteiger partial charge on any atom is -0.0988 e. The normalized spacial score (nSPS) is 12.3. The van der Waals surface area contributed by atoms with Crippen LogP contribution in [-0.4, -0.2) is 0 Å². The molecule has 0 nitrogen and oxygen atoms in total. The van der Waals surface area contributed by atoms with E-state index in [1.807, 2.05) is 19.9 Å². The standard InChI is InChI=1S/C12H20.C2H6/c1-6-11(5)12(7-2)9-8-10(3)4;1-2/h7-9,11H,2,6H2,1,3-5H3;1-2H3/b12-9+;/t11-;/m0./s1. The van der Waals surface area contributed by atoms with Gasteiger partial charge in [-0.2, -0.15) is 0 Å². The van der Waals surface area contributed by atoms with E-state index in [-0.39, 0.29) is 0 Å². The Hall–Kier alpha value is -0.780. The lowest BCUT2D eigenvalue weighted by molar-refractivity contribution is 0.671. The van der Waals surface area contributed by atoms with E-state index in [1.54, 1.807) is 0 Å². The molecule has 0 aliphatic rings. The van der Waals surface area contributed by atoms with Gasteiger partial charge in [0, 0.05) is 0 Å². The van der Waals surface area contributed by atoms with Crippen molar-refractivity contribution in [2.24, 2.45) is 5.92 Å². The Kier molecular flexibility index (Phi) is 11.5. The van der Waals surface area contributed by atoms with Crippen molar-refractivity contribution < 1.29 is 0 Å². The molecule has 0 unspecified atom stereocenters. The lowest BCUT2D eigenvalue weighted by Crippen LogP contribution is -1.93. The molecule has 0 radical (unpaired) electrons. The topological polar surface area (TPSA) is 0 Å². The third kappa shape index (κ3) is 7.85. The van der Waals surface area contributed by atoms with Crippen molar-refractivity contribution in [1.82, 2.24) is 0 Å². The van der Waals surface area contributed by atoms with Gasteiger partial charge in [0.1, 0.15) is 0 Å². The highest BCUT2D eigenvalue weighted by Gasteiger charge is 2.00. The van der Waals surface area contributed by atoms with Gasteiger partial charge >= 0.3 is 0 Å². The molecule has 0 aromatic heterocycles. The highest BCUT2D eigenvalue weighted by atomic mass is 14.1. The van der Waals surface area contributed by atoms with Crippen molar-refractivity contribution in [3.05, 3.63) is 36.0 Å². The molecule has 0 aliphatic carbocycles. The minimum absolute atomic E-state index is 0.623. The Morgan fingerprint density at radius 3 is 2.00 bits per heavy atom. The second-order valence-electron chi connectivity index (χ2n) is 3.42. The van der Waals surface area contributed by atoms with E-state index in [9.17, 15) is 0 Å². The Labute approximate surface area is 90.4 Å². The number of allylic oxidation sites excluding steroid dienone is 5. The van der Waals surface area contributed by atoms with Crippen LogP contribution in [0.1, 0.15) is 48.0 Å². The molecule has 0 aliphatic heterocycles. The van der Waals surface area contributed by atoms with Crippen molar-refractivity contribution in [3.8, 4) is 0 Å². The molecule has 0 aromatic carbocycles. The van der Waals surface area contributed by atoms with Crippen LogP contribution in [0.4, 0.5) is 0 Å². The summed E-state index contributed by atoms with van der Waals surface area (Å²) in [6.45, 7) is 16.4. The number of hydrogen-bond acceptors (Lipinski definition) is 0. The van der Waals surface area contributed by atoms with Crippen LogP contribution in [0.25, 0.3) is 0 Å². The van der Waals surface area contributed by atoms with E-state index >= 15 is 0 Å². The first-order valence-electron chi connectivity index (χ1n) is 5.59. The smallest absolute Gasteiger partial charge is 0.0193 e. The number of rotatable bonds is 4. The zero-order valence-corrected chi connectivity index (χ0v) is 10.7. The van der Waals surface area contributed by atoms with Crippen molar-refractivity contribution >= 4 is 0 Å². The lowest BCUT2D eigenvalue weighted by Gasteiger charge is -2.08. The van der Waals surface area contributed by atoms with E-state index in [0.29, 0.717) is 5.92 Å². The maximum Gasteiger partial charge on any atom is -0.0193 e. The molecule has 82 valence electrons. The van der Waals surface area contributed by atoms with Crippen molar-refractivity contribution in [1.29, 1.82) is 0 Å². The molecule has 0 saturated carbocycles. The van der Waals surface area contributed by atoms with Crippen LogP contribution in [0, 0.1) is 5.92 Å². The SMILES string of the molecule is C=C/C(=C\C=C(C)C)[C@@H](C)CC.CC. The van der Waals surface area contributed by atoms with E-state index < -0.39 is 0 Å². The van der Waals surface area contributed by atoms with Gasteiger partial charge in [-0.15, -0.1) is 0 Å². The molecule has 0 heterocycles. The molecular formula is C14H26. The number of hydrogen-bond donors (Lipinski definition) is 0. The second-order valence-corrected chi connectivity index (χ2v) is 3.42. The van der Waals surface area contributed by atoms with E-state index in [0.717, 1.165) is 0 Å². The molecule has 0 N–H and O–H groups in total. The Bertz CT molecular complexity index is 190. The summed E-state index contributed by atoms with van der Waals surface area (Å²) in [5.74, 6) is 0.623. The van der Waals surface area contributed by atoms with Gasteiger partial charge in [-0.1, -0.05) is 58.1 Å². The largest absolute Gasteiger partial charge is 0.0988 e. The van der Waals surface area contributed by atoms with Gasteiger partial charge in [-0.25, -0.2) is 0 Å². The van der Waals surface area contributed by atoms with Crippen LogP contribution in [0.3, 0.4) is 0 Å². The molecule has 1 atom stereocenters. The molecule has 0 bridgehead atoms. The Morgan fingerprint density at radius 2 is 1.71 bits per heavy atom. The monoisotopic (exact) mass is 194 g/mol. The predicted octanol–water partition coefficient (Wildman–Crippen LogP) is 5.14. The first-order chi connectivity index (χ1) is 6.61. The minimum atomic E-state index is 0.623. The predicted molar refractivity (Wildman–Crippen MR) is 68.5 cm³/mol. The fourth-order valence-corrected chi connectivity index (χ4v) is 0.932. The molecule has 14 heavy (non-hydrogen) atoms. The van der Waals surface area contributed by atoms with Crippen molar-refractivity contribution in [3.63, 3.8) is 0 Å². The average Bonchev–Trinajstić information content (AvgIpc) is 2.21.